The molecule has 2 aromatic carbocycles. The lowest BCUT2D eigenvalue weighted by Gasteiger charge is -2.08. The standard InChI is InChI=1S/C26H27N3O3S/c1-17-11-12-21(18(2)15-17)28-24(30)23-19(3)22-25(33-23)27-16-29(26(22)31)13-7-8-14-32-20-9-5-4-6-10-20/h4-6,9-12,15-16H,7-8,13-14H2,1-3H3,(H,28,30). The number of aryl methyl sites for hydroxylation is 4. The zero-order valence-electron chi connectivity index (χ0n) is 19.1. The lowest BCUT2D eigenvalue weighted by atomic mass is 10.1. The summed E-state index contributed by atoms with van der Waals surface area (Å²) in [5.41, 5.74) is 3.48. The number of thiophene rings is 1. The quantitative estimate of drug-likeness (QED) is 0.352. The van der Waals surface area contributed by atoms with Gasteiger partial charge in [0.05, 0.1) is 23.2 Å². The van der Waals surface area contributed by atoms with Crippen LogP contribution in [-0.2, 0) is 6.54 Å². The van der Waals surface area contributed by atoms with Gasteiger partial charge in [0, 0.05) is 12.2 Å². The minimum atomic E-state index is -0.216. The van der Waals surface area contributed by atoms with E-state index in [2.05, 4.69) is 10.3 Å². The van der Waals surface area contributed by atoms with Gasteiger partial charge in [-0.3, -0.25) is 14.2 Å². The second kappa shape index (κ2) is 10.0. The van der Waals surface area contributed by atoms with Crippen LogP contribution in [0.3, 0.4) is 0 Å². The molecule has 0 saturated heterocycles. The molecule has 7 heteroatoms. The number of hydrogen-bond donors (Lipinski definition) is 1. The molecule has 6 nitrogen and oxygen atoms in total. The fourth-order valence-corrected chi connectivity index (χ4v) is 4.79. The maximum atomic E-state index is 13.1. The molecule has 4 aromatic rings. The first-order chi connectivity index (χ1) is 15.9. The summed E-state index contributed by atoms with van der Waals surface area (Å²) in [4.78, 5) is 31.6. The molecule has 170 valence electrons. The van der Waals surface area contributed by atoms with Gasteiger partial charge < -0.3 is 10.1 Å². The van der Waals surface area contributed by atoms with Crippen molar-refractivity contribution in [3.63, 3.8) is 0 Å². The summed E-state index contributed by atoms with van der Waals surface area (Å²) in [5, 5.41) is 3.49. The van der Waals surface area contributed by atoms with Gasteiger partial charge in [-0.2, -0.15) is 0 Å². The van der Waals surface area contributed by atoms with Gasteiger partial charge in [-0.1, -0.05) is 35.9 Å². The van der Waals surface area contributed by atoms with E-state index in [0.717, 1.165) is 35.4 Å². The number of nitrogens with zero attached hydrogens (tertiary/aromatic N) is 2. The van der Waals surface area contributed by atoms with Gasteiger partial charge in [-0.25, -0.2) is 4.98 Å². The number of ether oxygens (including phenoxy) is 1. The third kappa shape index (κ3) is 5.14. The average Bonchev–Trinajstić information content (AvgIpc) is 3.15. The lowest BCUT2D eigenvalue weighted by molar-refractivity contribution is 0.103. The predicted octanol–water partition coefficient (Wildman–Crippen LogP) is 5.49. The molecule has 33 heavy (non-hydrogen) atoms. The highest BCUT2D eigenvalue weighted by Crippen LogP contribution is 2.28. The van der Waals surface area contributed by atoms with Crippen LogP contribution >= 0.6 is 11.3 Å². The lowest BCUT2D eigenvalue weighted by Crippen LogP contribution is -2.21. The third-order valence-corrected chi connectivity index (χ3v) is 6.76. The summed E-state index contributed by atoms with van der Waals surface area (Å²) in [7, 11) is 0. The second-order valence-corrected chi connectivity index (χ2v) is 9.12. The minimum Gasteiger partial charge on any atom is -0.494 e. The molecule has 1 amide bonds. The first kappa shape index (κ1) is 22.7. The normalized spacial score (nSPS) is 11.0. The number of anilines is 1. The third-order valence-electron chi connectivity index (χ3n) is 5.56. The molecular weight excluding hydrogens is 434 g/mol. The number of carbonyl (C=O) groups excluding carboxylic acids is 1. The predicted molar refractivity (Wildman–Crippen MR) is 134 cm³/mol. The van der Waals surface area contributed by atoms with Gasteiger partial charge in [0.2, 0.25) is 0 Å². The van der Waals surface area contributed by atoms with E-state index in [4.69, 9.17) is 4.74 Å². The highest BCUT2D eigenvalue weighted by Gasteiger charge is 2.20. The van der Waals surface area contributed by atoms with Gasteiger partial charge in [-0.15, -0.1) is 11.3 Å². The Morgan fingerprint density at radius 2 is 1.88 bits per heavy atom. The fourth-order valence-electron chi connectivity index (χ4n) is 3.76. The molecule has 0 unspecified atom stereocenters. The maximum Gasteiger partial charge on any atom is 0.266 e. The van der Waals surface area contributed by atoms with Crippen molar-refractivity contribution in [1.82, 2.24) is 9.55 Å². The Bertz CT molecular complexity index is 1340. The van der Waals surface area contributed by atoms with Crippen LogP contribution in [0.4, 0.5) is 5.69 Å². The summed E-state index contributed by atoms with van der Waals surface area (Å²) in [5.74, 6) is 0.629. The number of rotatable bonds is 8. The summed E-state index contributed by atoms with van der Waals surface area (Å²) in [6.45, 7) is 6.94. The molecule has 0 bridgehead atoms. The van der Waals surface area contributed by atoms with Crippen molar-refractivity contribution in [2.75, 3.05) is 11.9 Å². The number of hydrogen-bond acceptors (Lipinski definition) is 5. The van der Waals surface area contributed by atoms with E-state index >= 15 is 0 Å². The first-order valence-corrected chi connectivity index (χ1v) is 11.8. The number of aromatic nitrogens is 2. The fraction of sp³-hybridized carbons (Fsp3) is 0.269. The van der Waals surface area contributed by atoms with Gasteiger partial charge in [0.1, 0.15) is 10.6 Å². The number of amides is 1. The molecule has 0 radical (unpaired) electrons. The van der Waals surface area contributed by atoms with Crippen molar-refractivity contribution >= 4 is 33.1 Å². The minimum absolute atomic E-state index is 0.108. The smallest absolute Gasteiger partial charge is 0.266 e. The summed E-state index contributed by atoms with van der Waals surface area (Å²) in [6.07, 6.45) is 3.19. The Morgan fingerprint density at radius 3 is 2.64 bits per heavy atom. The summed E-state index contributed by atoms with van der Waals surface area (Å²) in [6, 6.07) is 15.6. The summed E-state index contributed by atoms with van der Waals surface area (Å²) >= 11 is 1.26. The van der Waals surface area contributed by atoms with Crippen LogP contribution < -0.4 is 15.6 Å². The van der Waals surface area contributed by atoms with Crippen molar-refractivity contribution in [2.45, 2.75) is 40.2 Å². The maximum absolute atomic E-state index is 13.1. The number of benzene rings is 2. The van der Waals surface area contributed by atoms with Crippen LogP contribution in [0, 0.1) is 20.8 Å². The molecule has 0 aliphatic heterocycles. The van der Waals surface area contributed by atoms with E-state index in [1.807, 2.05) is 69.3 Å². The zero-order valence-corrected chi connectivity index (χ0v) is 19.9. The molecule has 0 spiro atoms. The van der Waals surface area contributed by atoms with Crippen molar-refractivity contribution in [2.24, 2.45) is 0 Å². The number of unbranched alkanes of at least 4 members (excludes halogenated alkanes) is 1. The molecule has 0 atom stereocenters. The van der Waals surface area contributed by atoms with E-state index in [1.165, 1.54) is 11.3 Å². The van der Waals surface area contributed by atoms with Crippen LogP contribution in [0.25, 0.3) is 10.2 Å². The molecule has 1 N–H and O–H groups in total. The van der Waals surface area contributed by atoms with Crippen LogP contribution in [0.1, 0.15) is 39.2 Å². The SMILES string of the molecule is Cc1ccc(NC(=O)c2sc3ncn(CCCCOc4ccccc4)c(=O)c3c2C)c(C)c1. The van der Waals surface area contributed by atoms with Crippen LogP contribution in [0.15, 0.2) is 59.7 Å². The second-order valence-electron chi connectivity index (χ2n) is 8.12. The molecular formula is C26H27N3O3S. The van der Waals surface area contributed by atoms with Gasteiger partial charge in [-0.05, 0) is 62.9 Å². The van der Waals surface area contributed by atoms with Gasteiger partial charge in [0.25, 0.3) is 11.5 Å². The first-order valence-electron chi connectivity index (χ1n) is 11.0. The molecule has 0 saturated carbocycles. The van der Waals surface area contributed by atoms with E-state index < -0.39 is 0 Å². The highest BCUT2D eigenvalue weighted by atomic mass is 32.1. The monoisotopic (exact) mass is 461 g/mol. The van der Waals surface area contributed by atoms with Crippen molar-refractivity contribution in [3.05, 3.63) is 86.8 Å². The topological polar surface area (TPSA) is 73.2 Å². The Morgan fingerprint density at radius 1 is 1.09 bits per heavy atom. The Kier molecular flexibility index (Phi) is 6.89. The van der Waals surface area contributed by atoms with E-state index in [9.17, 15) is 9.59 Å². The van der Waals surface area contributed by atoms with Crippen molar-refractivity contribution in [3.8, 4) is 5.75 Å². The molecule has 0 aliphatic carbocycles. The van der Waals surface area contributed by atoms with Gasteiger partial charge in [0.15, 0.2) is 0 Å². The van der Waals surface area contributed by atoms with Crippen molar-refractivity contribution in [1.29, 1.82) is 0 Å². The molecule has 0 fully saturated rings. The molecule has 0 aliphatic rings. The largest absolute Gasteiger partial charge is 0.494 e. The average molecular weight is 462 g/mol. The van der Waals surface area contributed by atoms with E-state index in [1.54, 1.807) is 10.9 Å². The molecule has 4 rings (SSSR count). The Hall–Kier alpha value is -3.45. The summed E-state index contributed by atoms with van der Waals surface area (Å²) < 4.78 is 7.33. The number of carbonyl (C=O) groups is 1. The highest BCUT2D eigenvalue weighted by molar-refractivity contribution is 7.20. The molecule has 2 heterocycles. The Labute approximate surface area is 196 Å². The zero-order chi connectivity index (χ0) is 23.4. The van der Waals surface area contributed by atoms with Crippen LogP contribution in [0.5, 0.6) is 5.75 Å². The number of para-hydroxylation sites is 1. The van der Waals surface area contributed by atoms with Crippen LogP contribution in [-0.4, -0.2) is 22.1 Å². The van der Waals surface area contributed by atoms with Crippen molar-refractivity contribution < 1.29 is 9.53 Å². The van der Waals surface area contributed by atoms with E-state index in [-0.39, 0.29) is 11.5 Å². The van der Waals surface area contributed by atoms with Crippen LogP contribution in [0.2, 0.25) is 0 Å². The van der Waals surface area contributed by atoms with Gasteiger partial charge >= 0.3 is 0 Å². The Balaban J connectivity index is 1.44. The number of nitrogens with one attached hydrogen (secondary N) is 1. The van der Waals surface area contributed by atoms with E-state index in [0.29, 0.717) is 33.8 Å². The molecule has 2 aromatic heterocycles. The number of fused-ring (bicyclic) bond motifs is 1.